The molecule has 0 saturated heterocycles. The number of carbonyl (C=O) groups excluding carboxylic acids is 2. The summed E-state index contributed by atoms with van der Waals surface area (Å²) in [5.74, 6) is 0.389. The Balaban J connectivity index is 1.87. The van der Waals surface area contributed by atoms with E-state index in [-0.39, 0.29) is 29.9 Å². The largest absolute Gasteiger partial charge is 0.465 e. The molecule has 4 nitrogen and oxygen atoms in total. The van der Waals surface area contributed by atoms with Gasteiger partial charge in [0.1, 0.15) is 6.10 Å². The molecule has 0 aromatic heterocycles. The van der Waals surface area contributed by atoms with E-state index in [1.165, 1.54) is 0 Å². The minimum atomic E-state index is -0.446. The Morgan fingerprint density at radius 3 is 2.43 bits per heavy atom. The minimum Gasteiger partial charge on any atom is -0.465 e. The SMILES string of the molecule is CCCCCOC(=O)C1CC2CC(OC(=O)C(C)(C)CC)C1C2. The molecule has 0 aromatic rings. The maximum Gasteiger partial charge on any atom is 0.311 e. The molecule has 0 spiro atoms. The van der Waals surface area contributed by atoms with Gasteiger partial charge in [0.15, 0.2) is 0 Å². The number of esters is 2. The zero-order valence-electron chi connectivity index (χ0n) is 15.1. The highest BCUT2D eigenvalue weighted by molar-refractivity contribution is 5.76. The second-order valence-corrected chi connectivity index (χ2v) is 7.90. The number of unbranched alkanes of at least 4 members (excludes halogenated alkanes) is 2. The third-order valence-corrected chi connectivity index (χ3v) is 5.74. The van der Waals surface area contributed by atoms with Crippen molar-refractivity contribution >= 4 is 11.9 Å². The molecule has 2 saturated carbocycles. The van der Waals surface area contributed by atoms with E-state index in [2.05, 4.69) is 6.92 Å². The van der Waals surface area contributed by atoms with Crippen LogP contribution in [0.2, 0.25) is 0 Å². The monoisotopic (exact) mass is 324 g/mol. The summed E-state index contributed by atoms with van der Waals surface area (Å²) in [5.41, 5.74) is -0.446. The van der Waals surface area contributed by atoms with Crippen LogP contribution in [0.3, 0.4) is 0 Å². The molecule has 0 aromatic carbocycles. The summed E-state index contributed by atoms with van der Waals surface area (Å²) in [4.78, 5) is 24.6. The van der Waals surface area contributed by atoms with E-state index >= 15 is 0 Å². The van der Waals surface area contributed by atoms with Crippen molar-refractivity contribution in [2.45, 2.75) is 78.7 Å². The van der Waals surface area contributed by atoms with Crippen molar-refractivity contribution in [3.8, 4) is 0 Å². The molecule has 0 amide bonds. The summed E-state index contributed by atoms with van der Waals surface area (Å²) in [6, 6.07) is 0. The van der Waals surface area contributed by atoms with Crippen molar-refractivity contribution < 1.29 is 19.1 Å². The average molecular weight is 324 g/mol. The molecule has 2 aliphatic carbocycles. The number of fused-ring (bicyclic) bond motifs is 2. The van der Waals surface area contributed by atoms with Crippen LogP contribution in [-0.2, 0) is 19.1 Å². The maximum absolute atomic E-state index is 12.3. The summed E-state index contributed by atoms with van der Waals surface area (Å²) < 4.78 is 11.2. The van der Waals surface area contributed by atoms with Gasteiger partial charge in [0.05, 0.1) is 17.9 Å². The Morgan fingerprint density at radius 1 is 1.09 bits per heavy atom. The summed E-state index contributed by atoms with van der Waals surface area (Å²) >= 11 is 0. The van der Waals surface area contributed by atoms with Crippen LogP contribution in [0.5, 0.6) is 0 Å². The third kappa shape index (κ3) is 4.27. The fourth-order valence-electron chi connectivity index (χ4n) is 3.77. The van der Waals surface area contributed by atoms with Crippen LogP contribution >= 0.6 is 0 Å². The van der Waals surface area contributed by atoms with Crippen molar-refractivity contribution in [1.29, 1.82) is 0 Å². The Hall–Kier alpha value is -1.06. The van der Waals surface area contributed by atoms with E-state index in [0.29, 0.717) is 12.5 Å². The molecule has 23 heavy (non-hydrogen) atoms. The highest BCUT2D eigenvalue weighted by atomic mass is 16.5. The minimum absolute atomic E-state index is 0.0714. The number of hydrogen-bond donors (Lipinski definition) is 0. The third-order valence-electron chi connectivity index (χ3n) is 5.74. The lowest BCUT2D eigenvalue weighted by Crippen LogP contribution is -2.37. The van der Waals surface area contributed by atoms with Gasteiger partial charge in [-0.05, 0) is 51.9 Å². The van der Waals surface area contributed by atoms with Crippen LogP contribution in [0.1, 0.15) is 72.6 Å². The van der Waals surface area contributed by atoms with Gasteiger partial charge in [-0.1, -0.05) is 26.7 Å². The summed E-state index contributed by atoms with van der Waals surface area (Å²) in [5, 5.41) is 0. The van der Waals surface area contributed by atoms with Crippen LogP contribution in [0.15, 0.2) is 0 Å². The molecule has 0 heterocycles. The van der Waals surface area contributed by atoms with E-state index in [0.717, 1.165) is 44.9 Å². The first-order valence-corrected chi connectivity index (χ1v) is 9.26. The Bertz CT molecular complexity index is 429. The molecule has 4 unspecified atom stereocenters. The Morgan fingerprint density at radius 2 is 1.83 bits per heavy atom. The Kier molecular flexibility index (Phi) is 6.10. The van der Waals surface area contributed by atoms with E-state index in [1.807, 2.05) is 20.8 Å². The molecule has 2 fully saturated rings. The predicted octanol–water partition coefficient (Wildman–Crippen LogP) is 4.11. The molecular formula is C19H32O4. The van der Waals surface area contributed by atoms with Gasteiger partial charge < -0.3 is 9.47 Å². The Labute approximate surface area is 140 Å². The topological polar surface area (TPSA) is 52.6 Å². The second kappa shape index (κ2) is 7.67. The van der Waals surface area contributed by atoms with Gasteiger partial charge in [0.2, 0.25) is 0 Å². The standard InChI is InChI=1S/C19H32O4/c1-5-7-8-9-22-17(20)15-11-13-10-14(15)16(12-13)23-18(21)19(3,4)6-2/h13-16H,5-12H2,1-4H3. The van der Waals surface area contributed by atoms with Gasteiger partial charge in [-0.3, -0.25) is 9.59 Å². The highest BCUT2D eigenvalue weighted by Gasteiger charge is 2.52. The first-order valence-electron chi connectivity index (χ1n) is 9.26. The van der Waals surface area contributed by atoms with E-state index in [9.17, 15) is 9.59 Å². The van der Waals surface area contributed by atoms with Crippen LogP contribution in [0.25, 0.3) is 0 Å². The van der Waals surface area contributed by atoms with Gasteiger partial charge in [-0.25, -0.2) is 0 Å². The van der Waals surface area contributed by atoms with Crippen molar-refractivity contribution in [2.24, 2.45) is 23.2 Å². The quantitative estimate of drug-likeness (QED) is 0.498. The maximum atomic E-state index is 12.3. The molecule has 2 bridgehead atoms. The molecule has 0 N–H and O–H groups in total. The van der Waals surface area contributed by atoms with Crippen LogP contribution in [0.4, 0.5) is 0 Å². The molecular weight excluding hydrogens is 292 g/mol. The van der Waals surface area contributed by atoms with E-state index in [1.54, 1.807) is 0 Å². The normalized spacial score (nSPS) is 29.6. The molecule has 2 rings (SSSR count). The van der Waals surface area contributed by atoms with Crippen molar-refractivity contribution in [1.82, 2.24) is 0 Å². The zero-order valence-corrected chi connectivity index (χ0v) is 15.1. The average Bonchev–Trinajstić information content (AvgIpc) is 3.11. The first kappa shape index (κ1) is 18.3. The van der Waals surface area contributed by atoms with E-state index < -0.39 is 5.41 Å². The number of hydrogen-bond acceptors (Lipinski definition) is 4. The lowest BCUT2D eigenvalue weighted by Gasteiger charge is -2.31. The number of carbonyl (C=O) groups is 2. The molecule has 4 heteroatoms. The van der Waals surface area contributed by atoms with Gasteiger partial charge in [0, 0.05) is 5.92 Å². The summed E-state index contributed by atoms with van der Waals surface area (Å²) in [7, 11) is 0. The summed E-state index contributed by atoms with van der Waals surface area (Å²) in [6.07, 6.45) is 6.63. The van der Waals surface area contributed by atoms with Gasteiger partial charge in [0.25, 0.3) is 0 Å². The molecule has 132 valence electrons. The van der Waals surface area contributed by atoms with E-state index in [4.69, 9.17) is 9.47 Å². The lowest BCUT2D eigenvalue weighted by molar-refractivity contribution is -0.167. The lowest BCUT2D eigenvalue weighted by atomic mass is 9.86. The summed E-state index contributed by atoms with van der Waals surface area (Å²) in [6.45, 7) is 8.49. The molecule has 4 atom stereocenters. The first-order chi connectivity index (χ1) is 10.9. The van der Waals surface area contributed by atoms with Crippen LogP contribution < -0.4 is 0 Å². The van der Waals surface area contributed by atoms with Crippen LogP contribution in [-0.4, -0.2) is 24.6 Å². The fraction of sp³-hybridized carbons (Fsp3) is 0.895. The van der Waals surface area contributed by atoms with Gasteiger partial charge in [-0.2, -0.15) is 0 Å². The fourth-order valence-corrected chi connectivity index (χ4v) is 3.77. The second-order valence-electron chi connectivity index (χ2n) is 7.90. The smallest absolute Gasteiger partial charge is 0.311 e. The number of ether oxygens (including phenoxy) is 2. The highest BCUT2D eigenvalue weighted by Crippen LogP contribution is 2.50. The van der Waals surface area contributed by atoms with Crippen molar-refractivity contribution in [3.63, 3.8) is 0 Å². The zero-order chi connectivity index (χ0) is 17.0. The van der Waals surface area contributed by atoms with Crippen molar-refractivity contribution in [3.05, 3.63) is 0 Å². The molecule has 2 aliphatic rings. The number of rotatable bonds is 8. The van der Waals surface area contributed by atoms with Gasteiger partial charge in [-0.15, -0.1) is 0 Å². The molecule has 0 radical (unpaired) electrons. The molecule has 0 aliphatic heterocycles. The van der Waals surface area contributed by atoms with Crippen molar-refractivity contribution in [2.75, 3.05) is 6.61 Å². The van der Waals surface area contributed by atoms with Crippen LogP contribution in [0, 0.1) is 23.2 Å². The predicted molar refractivity (Wildman–Crippen MR) is 88.8 cm³/mol. The van der Waals surface area contributed by atoms with Gasteiger partial charge >= 0.3 is 11.9 Å².